The molecule has 0 bridgehead atoms. The van der Waals surface area contributed by atoms with Crippen LogP contribution in [0.15, 0.2) is 66.8 Å². The molecule has 0 aliphatic rings. The van der Waals surface area contributed by atoms with Gasteiger partial charge >= 0.3 is 24.0 Å². The summed E-state index contributed by atoms with van der Waals surface area (Å²) in [6, 6.07) is 13.6. The number of amides is 2. The first-order valence-electron chi connectivity index (χ1n) is 19.2. The van der Waals surface area contributed by atoms with Crippen molar-refractivity contribution in [2.45, 2.75) is 118 Å². The van der Waals surface area contributed by atoms with E-state index in [1.54, 1.807) is 72.7 Å². The smallest absolute Gasteiger partial charge is 0.408 e. The van der Waals surface area contributed by atoms with Crippen molar-refractivity contribution < 1.29 is 47.7 Å². The molecule has 2 amide bonds. The van der Waals surface area contributed by atoms with Crippen LogP contribution in [0.4, 0.5) is 4.79 Å². The lowest BCUT2D eigenvalue weighted by atomic mass is 9.99. The SMILES string of the molecule is COc1ccc(C[C@@H](NC(=O)OC(C)(C)C)C(=O)NC[C@@H](C)C(=O)O[C@@H](CC(C)C)C(=O)O[C@@H](C/C=C/C(=O)OC(C)(C)C)[C@H](C)/C=C/c2ccccc2)cc1Cl. The second kappa shape index (κ2) is 22.8. The van der Waals surface area contributed by atoms with Crippen LogP contribution < -0.4 is 15.4 Å². The molecule has 314 valence electrons. The standard InChI is InChI=1S/C44H61ClN2O10/c1-28(2)24-37(41(51)54-35(18-15-19-38(48)56-43(5,6)7)29(3)20-21-31-16-13-12-14-17-31)55-40(50)30(4)27-46-39(49)34(47-42(52)57-44(8,9)10)26-32-22-23-36(53-11)33(45)25-32/h12-17,19-23,25,28-30,34-35,37H,18,24,26-27H2,1-11H3,(H,46,49)(H,47,52)/b19-15+,21-20+/t29-,30-,34-,35+,37+/m1/s1. The molecule has 0 aliphatic carbocycles. The third-order valence-electron chi connectivity index (χ3n) is 8.13. The molecule has 57 heavy (non-hydrogen) atoms. The van der Waals surface area contributed by atoms with Crippen molar-refractivity contribution in [3.63, 3.8) is 0 Å². The minimum absolute atomic E-state index is 0.0441. The third kappa shape index (κ3) is 19.2. The van der Waals surface area contributed by atoms with Crippen molar-refractivity contribution >= 4 is 47.6 Å². The van der Waals surface area contributed by atoms with Crippen LogP contribution in [0.2, 0.25) is 5.02 Å². The second-order valence-corrected chi connectivity index (χ2v) is 16.8. The maximum absolute atomic E-state index is 13.7. The molecule has 0 aliphatic heterocycles. The number of carbonyl (C=O) groups excluding carboxylic acids is 5. The van der Waals surface area contributed by atoms with Crippen molar-refractivity contribution in [2.75, 3.05) is 13.7 Å². The van der Waals surface area contributed by atoms with Gasteiger partial charge in [-0.15, -0.1) is 0 Å². The van der Waals surface area contributed by atoms with E-state index in [4.69, 9.17) is 35.3 Å². The molecule has 0 fully saturated rings. The Labute approximate surface area is 343 Å². The number of ether oxygens (including phenoxy) is 5. The number of rotatable bonds is 19. The monoisotopic (exact) mass is 812 g/mol. The van der Waals surface area contributed by atoms with Crippen LogP contribution in [0.1, 0.15) is 93.2 Å². The molecule has 0 radical (unpaired) electrons. The molecule has 13 heteroatoms. The number of esters is 3. The Kier molecular flexibility index (Phi) is 19.3. The van der Waals surface area contributed by atoms with E-state index in [9.17, 15) is 24.0 Å². The average Bonchev–Trinajstić information content (AvgIpc) is 3.10. The van der Waals surface area contributed by atoms with Crippen molar-refractivity contribution in [3.05, 3.63) is 82.9 Å². The highest BCUT2D eigenvalue weighted by atomic mass is 35.5. The molecular formula is C44H61ClN2O10. The van der Waals surface area contributed by atoms with Crippen LogP contribution >= 0.6 is 11.6 Å². The molecule has 0 heterocycles. The lowest BCUT2D eigenvalue weighted by Gasteiger charge is -2.26. The maximum atomic E-state index is 13.7. The lowest BCUT2D eigenvalue weighted by molar-refractivity contribution is -0.175. The van der Waals surface area contributed by atoms with E-state index in [2.05, 4.69) is 10.6 Å². The van der Waals surface area contributed by atoms with Gasteiger partial charge in [0.1, 0.15) is 29.1 Å². The largest absolute Gasteiger partial charge is 0.495 e. The summed E-state index contributed by atoms with van der Waals surface area (Å²) in [6.07, 6.45) is 4.43. The fourth-order valence-corrected chi connectivity index (χ4v) is 5.53. The summed E-state index contributed by atoms with van der Waals surface area (Å²) in [6.45, 7) is 17.5. The first kappa shape index (κ1) is 48.3. The molecule has 0 saturated carbocycles. The van der Waals surface area contributed by atoms with E-state index in [0.29, 0.717) is 16.3 Å². The van der Waals surface area contributed by atoms with Gasteiger partial charge in [-0.3, -0.25) is 9.59 Å². The number of methoxy groups -OCH3 is 1. The van der Waals surface area contributed by atoms with Gasteiger partial charge in [-0.2, -0.15) is 0 Å². The summed E-state index contributed by atoms with van der Waals surface area (Å²) in [5.41, 5.74) is 0.123. The zero-order valence-electron chi connectivity index (χ0n) is 35.2. The molecule has 2 aromatic carbocycles. The average molecular weight is 813 g/mol. The second-order valence-electron chi connectivity index (χ2n) is 16.3. The highest BCUT2D eigenvalue weighted by Crippen LogP contribution is 2.26. The highest BCUT2D eigenvalue weighted by Gasteiger charge is 2.32. The van der Waals surface area contributed by atoms with Gasteiger partial charge in [0, 0.05) is 31.4 Å². The molecule has 12 nitrogen and oxygen atoms in total. The predicted octanol–water partition coefficient (Wildman–Crippen LogP) is 8.04. The number of benzene rings is 2. The fourth-order valence-electron chi connectivity index (χ4n) is 5.25. The van der Waals surface area contributed by atoms with E-state index in [-0.39, 0.29) is 37.6 Å². The summed E-state index contributed by atoms with van der Waals surface area (Å²) in [5.74, 6) is -3.33. The van der Waals surface area contributed by atoms with E-state index in [1.165, 1.54) is 13.2 Å². The summed E-state index contributed by atoms with van der Waals surface area (Å²) in [7, 11) is 1.49. The van der Waals surface area contributed by atoms with Gasteiger partial charge in [0.15, 0.2) is 6.10 Å². The van der Waals surface area contributed by atoms with Gasteiger partial charge in [-0.25, -0.2) is 14.4 Å². The number of nitrogens with one attached hydrogen (secondary N) is 2. The van der Waals surface area contributed by atoms with Crippen LogP contribution in [-0.2, 0) is 44.5 Å². The van der Waals surface area contributed by atoms with Gasteiger partial charge in [0.05, 0.1) is 18.1 Å². The number of halogens is 1. The van der Waals surface area contributed by atoms with Crippen LogP contribution in [0.3, 0.4) is 0 Å². The molecule has 2 rings (SSSR count). The topological polar surface area (TPSA) is 156 Å². The van der Waals surface area contributed by atoms with E-state index >= 15 is 0 Å². The van der Waals surface area contributed by atoms with Crippen molar-refractivity contribution in [1.82, 2.24) is 10.6 Å². The van der Waals surface area contributed by atoms with Crippen molar-refractivity contribution in [1.29, 1.82) is 0 Å². The molecule has 2 aromatic rings. The number of alkyl carbamates (subject to hydrolysis) is 1. The normalized spacial score (nSPS) is 14.6. The molecule has 0 unspecified atom stereocenters. The Morgan fingerprint density at radius 2 is 1.49 bits per heavy atom. The Morgan fingerprint density at radius 3 is 2.07 bits per heavy atom. The van der Waals surface area contributed by atoms with Gasteiger partial charge in [-0.05, 0) is 77.1 Å². The first-order valence-corrected chi connectivity index (χ1v) is 19.6. The van der Waals surface area contributed by atoms with Crippen LogP contribution in [-0.4, -0.2) is 73.0 Å². The maximum Gasteiger partial charge on any atom is 0.408 e. The quantitative estimate of drug-likeness (QED) is 0.0809. The molecule has 2 N–H and O–H groups in total. The third-order valence-corrected chi connectivity index (χ3v) is 8.43. The van der Waals surface area contributed by atoms with E-state index in [0.717, 1.165) is 5.56 Å². The molecule has 0 saturated heterocycles. The zero-order valence-corrected chi connectivity index (χ0v) is 35.9. The van der Waals surface area contributed by atoms with Crippen LogP contribution in [0, 0.1) is 17.8 Å². The Hall–Kier alpha value is -4.84. The first-order chi connectivity index (χ1) is 26.6. The van der Waals surface area contributed by atoms with E-state index in [1.807, 2.05) is 63.3 Å². The Bertz CT molecular complexity index is 1690. The highest BCUT2D eigenvalue weighted by molar-refractivity contribution is 6.32. The molecule has 5 atom stereocenters. The summed E-state index contributed by atoms with van der Waals surface area (Å²) >= 11 is 6.31. The summed E-state index contributed by atoms with van der Waals surface area (Å²) in [5, 5.41) is 5.66. The number of hydrogen-bond donors (Lipinski definition) is 2. The van der Waals surface area contributed by atoms with Gasteiger partial charge in [-0.1, -0.05) is 93.9 Å². The summed E-state index contributed by atoms with van der Waals surface area (Å²) in [4.78, 5) is 65.7. The molecule has 0 aromatic heterocycles. The fraction of sp³-hybridized carbons (Fsp3) is 0.523. The van der Waals surface area contributed by atoms with Crippen molar-refractivity contribution in [2.24, 2.45) is 17.8 Å². The zero-order chi connectivity index (χ0) is 42.9. The minimum atomic E-state index is -1.24. The predicted molar refractivity (Wildman–Crippen MR) is 220 cm³/mol. The lowest BCUT2D eigenvalue weighted by Crippen LogP contribution is -2.50. The number of carbonyl (C=O) groups is 5. The molecule has 0 spiro atoms. The van der Waals surface area contributed by atoms with Gasteiger partial charge in [0.2, 0.25) is 5.91 Å². The van der Waals surface area contributed by atoms with Crippen LogP contribution in [0.25, 0.3) is 6.08 Å². The summed E-state index contributed by atoms with van der Waals surface area (Å²) < 4.78 is 27.7. The number of hydrogen-bond acceptors (Lipinski definition) is 10. The van der Waals surface area contributed by atoms with Gasteiger partial charge < -0.3 is 34.3 Å². The minimum Gasteiger partial charge on any atom is -0.495 e. The van der Waals surface area contributed by atoms with E-state index < -0.39 is 65.3 Å². The Balaban J connectivity index is 2.20. The molecular weight excluding hydrogens is 752 g/mol. The Morgan fingerprint density at radius 1 is 0.842 bits per heavy atom. The van der Waals surface area contributed by atoms with Crippen LogP contribution in [0.5, 0.6) is 5.75 Å². The van der Waals surface area contributed by atoms with Gasteiger partial charge in [0.25, 0.3) is 0 Å². The van der Waals surface area contributed by atoms with Crippen molar-refractivity contribution in [3.8, 4) is 5.75 Å².